The molecule has 34 heavy (non-hydrogen) atoms. The Hall–Kier alpha value is -4.79. The van der Waals surface area contributed by atoms with Gasteiger partial charge in [-0.2, -0.15) is 9.78 Å². The number of nitrogens with zero attached hydrogens (tertiary/aromatic N) is 2. The lowest BCUT2D eigenvalue weighted by Crippen LogP contribution is -2.26. The van der Waals surface area contributed by atoms with Crippen LogP contribution in [0.2, 0.25) is 0 Å². The van der Waals surface area contributed by atoms with Crippen LogP contribution in [0.15, 0.2) is 77.6 Å². The summed E-state index contributed by atoms with van der Waals surface area (Å²) in [6.07, 6.45) is 0. The van der Waals surface area contributed by atoms with E-state index in [1.165, 1.54) is 32.4 Å². The number of rotatable bonds is 5. The van der Waals surface area contributed by atoms with E-state index in [-0.39, 0.29) is 28.1 Å². The molecule has 4 aromatic rings. The molecule has 0 fully saturated rings. The van der Waals surface area contributed by atoms with E-state index in [0.717, 1.165) is 4.68 Å². The van der Waals surface area contributed by atoms with Crippen molar-refractivity contribution in [3.63, 3.8) is 0 Å². The number of carbonyl (C=O) groups excluding carboxylic acids is 3. The standard InChI is InChI=1S/C25H19N3O6/c1-33-24(31)15-12-16(25(32)34-2)14-17(13-15)26-22(29)21-19-10-6-7-11-20(19)23(30)28(27-21)18-8-4-3-5-9-18/h3-14H,1-2H3,(H,26,29). The summed E-state index contributed by atoms with van der Waals surface area (Å²) in [7, 11) is 2.41. The lowest BCUT2D eigenvalue weighted by molar-refractivity contribution is 0.0599. The van der Waals surface area contributed by atoms with Gasteiger partial charge in [0.15, 0.2) is 5.69 Å². The average Bonchev–Trinajstić information content (AvgIpc) is 2.88. The van der Waals surface area contributed by atoms with E-state index in [4.69, 9.17) is 9.47 Å². The molecule has 9 heteroatoms. The van der Waals surface area contributed by atoms with Gasteiger partial charge in [0.25, 0.3) is 11.5 Å². The molecule has 1 aromatic heterocycles. The number of ether oxygens (including phenoxy) is 2. The zero-order chi connectivity index (χ0) is 24.2. The number of hydrogen-bond donors (Lipinski definition) is 1. The van der Waals surface area contributed by atoms with Crippen LogP contribution >= 0.6 is 0 Å². The van der Waals surface area contributed by atoms with Crippen LogP contribution in [0.1, 0.15) is 31.2 Å². The highest BCUT2D eigenvalue weighted by Gasteiger charge is 2.20. The SMILES string of the molecule is COC(=O)c1cc(NC(=O)c2nn(-c3ccccc3)c(=O)c3ccccc23)cc(C(=O)OC)c1. The summed E-state index contributed by atoms with van der Waals surface area (Å²) in [5.74, 6) is -2.02. The third-order valence-electron chi connectivity index (χ3n) is 5.05. The molecule has 1 N–H and O–H groups in total. The lowest BCUT2D eigenvalue weighted by Gasteiger charge is -2.12. The number of esters is 2. The smallest absolute Gasteiger partial charge is 0.337 e. The number of methoxy groups -OCH3 is 2. The van der Waals surface area contributed by atoms with Crippen molar-refractivity contribution in [2.75, 3.05) is 19.5 Å². The first-order valence-corrected chi connectivity index (χ1v) is 10.1. The maximum Gasteiger partial charge on any atom is 0.337 e. The van der Waals surface area contributed by atoms with Gasteiger partial charge in [-0.25, -0.2) is 9.59 Å². The van der Waals surface area contributed by atoms with Crippen molar-refractivity contribution >= 4 is 34.3 Å². The fraction of sp³-hybridized carbons (Fsp3) is 0.0800. The Labute approximate surface area is 193 Å². The summed E-state index contributed by atoms with van der Waals surface area (Å²) in [5, 5.41) is 7.64. The number of nitrogens with one attached hydrogen (secondary N) is 1. The molecule has 1 heterocycles. The van der Waals surface area contributed by atoms with Crippen molar-refractivity contribution in [1.29, 1.82) is 0 Å². The molecule has 4 rings (SSSR count). The molecule has 0 bridgehead atoms. The Morgan fingerprint density at radius 2 is 1.35 bits per heavy atom. The van der Waals surface area contributed by atoms with Gasteiger partial charge in [0.2, 0.25) is 0 Å². The normalized spacial score (nSPS) is 10.5. The second-order valence-corrected chi connectivity index (χ2v) is 7.18. The molecule has 0 aliphatic carbocycles. The Morgan fingerprint density at radius 1 is 0.794 bits per heavy atom. The molecular formula is C25H19N3O6. The molecule has 0 saturated heterocycles. The van der Waals surface area contributed by atoms with E-state index in [1.807, 2.05) is 0 Å². The molecule has 0 unspecified atom stereocenters. The maximum absolute atomic E-state index is 13.3. The summed E-state index contributed by atoms with van der Waals surface area (Å²) >= 11 is 0. The van der Waals surface area contributed by atoms with Crippen LogP contribution in [0.4, 0.5) is 5.69 Å². The second-order valence-electron chi connectivity index (χ2n) is 7.18. The predicted molar refractivity (Wildman–Crippen MR) is 124 cm³/mol. The number of benzene rings is 3. The van der Waals surface area contributed by atoms with Crippen LogP contribution in [-0.2, 0) is 9.47 Å². The summed E-state index contributed by atoms with van der Waals surface area (Å²) in [5.41, 5.74) is 0.353. The van der Waals surface area contributed by atoms with Gasteiger partial charge in [0, 0.05) is 11.1 Å². The molecule has 0 aliphatic rings. The van der Waals surface area contributed by atoms with Crippen LogP contribution in [0, 0.1) is 0 Å². The number of anilines is 1. The van der Waals surface area contributed by atoms with Gasteiger partial charge < -0.3 is 14.8 Å². The molecule has 170 valence electrons. The van der Waals surface area contributed by atoms with Crippen molar-refractivity contribution in [2.45, 2.75) is 0 Å². The van der Waals surface area contributed by atoms with Crippen LogP contribution in [0.3, 0.4) is 0 Å². The molecule has 1 amide bonds. The van der Waals surface area contributed by atoms with Crippen molar-refractivity contribution in [1.82, 2.24) is 9.78 Å². The highest BCUT2D eigenvalue weighted by atomic mass is 16.5. The Kier molecular flexibility index (Phi) is 6.18. The Balaban J connectivity index is 1.83. The number of amides is 1. The predicted octanol–water partition coefficient (Wildman–Crippen LogP) is 3.21. The van der Waals surface area contributed by atoms with Gasteiger partial charge >= 0.3 is 11.9 Å². The van der Waals surface area contributed by atoms with E-state index in [9.17, 15) is 19.2 Å². The molecule has 9 nitrogen and oxygen atoms in total. The monoisotopic (exact) mass is 457 g/mol. The average molecular weight is 457 g/mol. The van der Waals surface area contributed by atoms with Crippen LogP contribution in [0.5, 0.6) is 0 Å². The van der Waals surface area contributed by atoms with E-state index in [1.54, 1.807) is 54.6 Å². The summed E-state index contributed by atoms with van der Waals surface area (Å²) in [4.78, 5) is 50.5. The summed E-state index contributed by atoms with van der Waals surface area (Å²) < 4.78 is 10.6. The van der Waals surface area contributed by atoms with Crippen molar-refractivity contribution < 1.29 is 23.9 Å². The zero-order valence-corrected chi connectivity index (χ0v) is 18.3. The number of fused-ring (bicyclic) bond motifs is 1. The highest BCUT2D eigenvalue weighted by Crippen LogP contribution is 2.20. The molecule has 0 radical (unpaired) electrons. The molecule has 0 aliphatic heterocycles. The topological polar surface area (TPSA) is 117 Å². The number of hydrogen-bond acceptors (Lipinski definition) is 7. The van der Waals surface area contributed by atoms with Gasteiger partial charge in [-0.05, 0) is 36.4 Å². The van der Waals surface area contributed by atoms with E-state index in [0.29, 0.717) is 16.5 Å². The third-order valence-corrected chi connectivity index (χ3v) is 5.05. The number of para-hydroxylation sites is 1. The van der Waals surface area contributed by atoms with Crippen LogP contribution in [-0.4, -0.2) is 41.8 Å². The maximum atomic E-state index is 13.3. The molecule has 0 saturated carbocycles. The zero-order valence-electron chi connectivity index (χ0n) is 18.3. The minimum absolute atomic E-state index is 0.0119. The molecule has 0 atom stereocenters. The first-order chi connectivity index (χ1) is 16.4. The first kappa shape index (κ1) is 22.4. The summed E-state index contributed by atoms with van der Waals surface area (Å²) in [6.45, 7) is 0. The lowest BCUT2D eigenvalue weighted by atomic mass is 10.1. The minimum atomic E-state index is -0.692. The minimum Gasteiger partial charge on any atom is -0.465 e. The fourth-order valence-corrected chi connectivity index (χ4v) is 3.46. The molecular weight excluding hydrogens is 438 g/mol. The number of aromatic nitrogens is 2. The van der Waals surface area contributed by atoms with Gasteiger partial charge in [0.1, 0.15) is 0 Å². The quantitative estimate of drug-likeness (QED) is 0.458. The van der Waals surface area contributed by atoms with E-state index < -0.39 is 17.8 Å². The third kappa shape index (κ3) is 4.26. The van der Waals surface area contributed by atoms with E-state index in [2.05, 4.69) is 10.4 Å². The molecule has 3 aromatic carbocycles. The fourth-order valence-electron chi connectivity index (χ4n) is 3.46. The van der Waals surface area contributed by atoms with Gasteiger partial charge in [-0.15, -0.1) is 0 Å². The van der Waals surface area contributed by atoms with E-state index >= 15 is 0 Å². The number of carbonyl (C=O) groups is 3. The molecule has 0 spiro atoms. The van der Waals surface area contributed by atoms with Crippen molar-refractivity contribution in [3.8, 4) is 5.69 Å². The van der Waals surface area contributed by atoms with Crippen LogP contribution < -0.4 is 10.9 Å². The Bertz CT molecular complexity index is 1440. The van der Waals surface area contributed by atoms with Gasteiger partial charge in [-0.1, -0.05) is 36.4 Å². The highest BCUT2D eigenvalue weighted by molar-refractivity contribution is 6.11. The first-order valence-electron chi connectivity index (χ1n) is 10.1. The largest absolute Gasteiger partial charge is 0.465 e. The van der Waals surface area contributed by atoms with Crippen LogP contribution in [0.25, 0.3) is 16.5 Å². The Morgan fingerprint density at radius 3 is 1.94 bits per heavy atom. The van der Waals surface area contributed by atoms with Crippen molar-refractivity contribution in [3.05, 3.63) is 100.0 Å². The van der Waals surface area contributed by atoms with Crippen molar-refractivity contribution in [2.24, 2.45) is 0 Å². The second kappa shape index (κ2) is 9.37. The summed E-state index contributed by atoms with van der Waals surface area (Å²) in [6, 6.07) is 19.4. The van der Waals surface area contributed by atoms with Gasteiger partial charge in [0.05, 0.1) is 36.4 Å². The van der Waals surface area contributed by atoms with Gasteiger partial charge in [-0.3, -0.25) is 9.59 Å².